The monoisotopic (exact) mass is 239 g/mol. The Balaban J connectivity index is 1.97. The van der Waals surface area contributed by atoms with Crippen LogP contribution in [-0.4, -0.2) is 35.1 Å². The molecule has 90 valence electrons. The van der Waals surface area contributed by atoms with Gasteiger partial charge in [-0.05, 0) is 20.3 Å². The van der Waals surface area contributed by atoms with Gasteiger partial charge < -0.3 is 5.32 Å². The molecule has 0 spiro atoms. The van der Waals surface area contributed by atoms with Crippen molar-refractivity contribution < 1.29 is 0 Å². The molecule has 2 atom stereocenters. The Bertz CT molecular complexity index is 337. The highest BCUT2D eigenvalue weighted by atomic mass is 32.1. The standard InChI is InChI=1S/C12H21N3S/c1-4-11-6-14-12(16-11)8-15-7-9(2)13-5-10(15)3/h6,9-10,13H,4-5,7-8H2,1-3H3. The average molecular weight is 239 g/mol. The van der Waals surface area contributed by atoms with Gasteiger partial charge in [-0.15, -0.1) is 11.3 Å². The number of aromatic nitrogens is 1. The molecule has 1 saturated heterocycles. The maximum absolute atomic E-state index is 4.50. The zero-order valence-electron chi connectivity index (χ0n) is 10.4. The molecule has 16 heavy (non-hydrogen) atoms. The van der Waals surface area contributed by atoms with E-state index < -0.39 is 0 Å². The van der Waals surface area contributed by atoms with Crippen molar-refractivity contribution >= 4 is 11.3 Å². The number of hydrogen-bond donors (Lipinski definition) is 1. The number of aryl methyl sites for hydroxylation is 1. The fourth-order valence-electron chi connectivity index (χ4n) is 2.08. The Morgan fingerprint density at radius 2 is 2.38 bits per heavy atom. The molecule has 0 bridgehead atoms. The van der Waals surface area contributed by atoms with E-state index in [1.807, 2.05) is 17.5 Å². The Kier molecular flexibility index (Phi) is 3.95. The van der Waals surface area contributed by atoms with Crippen LogP contribution in [-0.2, 0) is 13.0 Å². The molecule has 0 amide bonds. The molecule has 1 aliphatic rings. The van der Waals surface area contributed by atoms with Gasteiger partial charge in [-0.25, -0.2) is 4.98 Å². The number of thiazole rings is 1. The summed E-state index contributed by atoms with van der Waals surface area (Å²) in [7, 11) is 0. The fourth-order valence-corrected chi connectivity index (χ4v) is 2.96. The Labute approximate surface area is 102 Å². The van der Waals surface area contributed by atoms with E-state index in [0.717, 1.165) is 26.1 Å². The van der Waals surface area contributed by atoms with Crippen LogP contribution in [0.3, 0.4) is 0 Å². The van der Waals surface area contributed by atoms with Crippen LogP contribution >= 0.6 is 11.3 Å². The normalized spacial score (nSPS) is 27.2. The molecule has 0 aromatic carbocycles. The lowest BCUT2D eigenvalue weighted by molar-refractivity contribution is 0.138. The molecule has 4 heteroatoms. The predicted octanol–water partition coefficient (Wildman–Crippen LogP) is 1.89. The van der Waals surface area contributed by atoms with Gasteiger partial charge in [0.1, 0.15) is 5.01 Å². The summed E-state index contributed by atoms with van der Waals surface area (Å²) >= 11 is 1.86. The molecule has 1 aliphatic heterocycles. The van der Waals surface area contributed by atoms with E-state index >= 15 is 0 Å². The minimum absolute atomic E-state index is 0.599. The number of rotatable bonds is 3. The SMILES string of the molecule is CCc1cnc(CN2CC(C)NCC2C)s1. The summed E-state index contributed by atoms with van der Waals surface area (Å²) in [5.74, 6) is 0. The van der Waals surface area contributed by atoms with Crippen LogP contribution in [0.4, 0.5) is 0 Å². The highest BCUT2D eigenvalue weighted by Gasteiger charge is 2.22. The van der Waals surface area contributed by atoms with Crippen LogP contribution in [0.2, 0.25) is 0 Å². The summed E-state index contributed by atoms with van der Waals surface area (Å²) in [4.78, 5) is 8.42. The predicted molar refractivity (Wildman–Crippen MR) is 68.8 cm³/mol. The van der Waals surface area contributed by atoms with Crippen LogP contribution in [0.25, 0.3) is 0 Å². The van der Waals surface area contributed by atoms with Crippen molar-refractivity contribution in [1.82, 2.24) is 15.2 Å². The molecule has 2 unspecified atom stereocenters. The van der Waals surface area contributed by atoms with E-state index in [9.17, 15) is 0 Å². The number of nitrogens with zero attached hydrogens (tertiary/aromatic N) is 2. The number of nitrogens with one attached hydrogen (secondary N) is 1. The topological polar surface area (TPSA) is 28.2 Å². The van der Waals surface area contributed by atoms with Crippen molar-refractivity contribution in [3.63, 3.8) is 0 Å². The van der Waals surface area contributed by atoms with E-state index in [2.05, 4.69) is 36.0 Å². The van der Waals surface area contributed by atoms with Crippen LogP contribution in [0, 0.1) is 0 Å². The molecular weight excluding hydrogens is 218 g/mol. The molecule has 1 N–H and O–H groups in total. The summed E-state index contributed by atoms with van der Waals surface area (Å²) in [5.41, 5.74) is 0. The van der Waals surface area contributed by atoms with Gasteiger partial charge in [-0.2, -0.15) is 0 Å². The molecule has 1 aromatic rings. The first kappa shape index (κ1) is 12.0. The van der Waals surface area contributed by atoms with Crippen molar-refractivity contribution in [2.24, 2.45) is 0 Å². The van der Waals surface area contributed by atoms with Crippen LogP contribution in [0.5, 0.6) is 0 Å². The first-order valence-corrected chi connectivity index (χ1v) is 6.91. The van der Waals surface area contributed by atoms with Gasteiger partial charge in [-0.3, -0.25) is 4.90 Å². The maximum atomic E-state index is 4.50. The molecule has 3 nitrogen and oxygen atoms in total. The highest BCUT2D eigenvalue weighted by Crippen LogP contribution is 2.17. The first-order chi connectivity index (χ1) is 7.69. The summed E-state index contributed by atoms with van der Waals surface area (Å²) in [6.45, 7) is 9.95. The Hall–Kier alpha value is -0.450. The molecule has 2 heterocycles. The van der Waals surface area contributed by atoms with Gasteiger partial charge in [0, 0.05) is 36.2 Å². The van der Waals surface area contributed by atoms with E-state index in [0.29, 0.717) is 12.1 Å². The third-order valence-electron chi connectivity index (χ3n) is 3.18. The molecule has 1 fully saturated rings. The number of piperazine rings is 1. The second-order valence-corrected chi connectivity index (χ2v) is 5.86. The third kappa shape index (κ3) is 2.81. The number of hydrogen-bond acceptors (Lipinski definition) is 4. The Morgan fingerprint density at radius 1 is 1.56 bits per heavy atom. The molecular formula is C12H21N3S. The minimum Gasteiger partial charge on any atom is -0.311 e. The smallest absolute Gasteiger partial charge is 0.107 e. The molecule has 1 aromatic heterocycles. The minimum atomic E-state index is 0.599. The second-order valence-electron chi connectivity index (χ2n) is 4.66. The van der Waals surface area contributed by atoms with Gasteiger partial charge >= 0.3 is 0 Å². The lowest BCUT2D eigenvalue weighted by Crippen LogP contribution is -2.53. The summed E-state index contributed by atoms with van der Waals surface area (Å²) < 4.78 is 0. The van der Waals surface area contributed by atoms with Gasteiger partial charge in [-0.1, -0.05) is 6.92 Å². The molecule has 2 rings (SSSR count). The maximum Gasteiger partial charge on any atom is 0.107 e. The first-order valence-electron chi connectivity index (χ1n) is 6.10. The summed E-state index contributed by atoms with van der Waals surface area (Å²) in [6, 6.07) is 1.21. The van der Waals surface area contributed by atoms with Gasteiger partial charge in [0.25, 0.3) is 0 Å². The van der Waals surface area contributed by atoms with Gasteiger partial charge in [0.15, 0.2) is 0 Å². The van der Waals surface area contributed by atoms with Crippen molar-refractivity contribution in [3.8, 4) is 0 Å². The lowest BCUT2D eigenvalue weighted by Gasteiger charge is -2.36. The van der Waals surface area contributed by atoms with Crippen LogP contribution < -0.4 is 5.32 Å². The quantitative estimate of drug-likeness (QED) is 0.873. The average Bonchev–Trinajstić information content (AvgIpc) is 2.71. The fraction of sp³-hybridized carbons (Fsp3) is 0.750. The molecule has 0 radical (unpaired) electrons. The van der Waals surface area contributed by atoms with Crippen molar-refractivity contribution in [2.75, 3.05) is 13.1 Å². The molecule has 0 aliphatic carbocycles. The van der Waals surface area contributed by atoms with Crippen molar-refractivity contribution in [3.05, 3.63) is 16.1 Å². The van der Waals surface area contributed by atoms with E-state index in [1.165, 1.54) is 9.88 Å². The van der Waals surface area contributed by atoms with Crippen molar-refractivity contribution in [1.29, 1.82) is 0 Å². The highest BCUT2D eigenvalue weighted by molar-refractivity contribution is 7.11. The summed E-state index contributed by atoms with van der Waals surface area (Å²) in [6.07, 6.45) is 3.13. The second kappa shape index (κ2) is 5.25. The zero-order valence-corrected chi connectivity index (χ0v) is 11.2. The van der Waals surface area contributed by atoms with Crippen LogP contribution in [0.15, 0.2) is 6.20 Å². The van der Waals surface area contributed by atoms with Gasteiger partial charge in [0.2, 0.25) is 0 Å². The zero-order chi connectivity index (χ0) is 11.5. The molecule has 0 saturated carbocycles. The third-order valence-corrected chi connectivity index (χ3v) is 4.31. The van der Waals surface area contributed by atoms with Crippen LogP contribution in [0.1, 0.15) is 30.7 Å². The van der Waals surface area contributed by atoms with Gasteiger partial charge in [0.05, 0.1) is 6.54 Å². The largest absolute Gasteiger partial charge is 0.311 e. The van der Waals surface area contributed by atoms with Crippen molar-refractivity contribution in [2.45, 2.75) is 45.8 Å². The van der Waals surface area contributed by atoms with E-state index in [1.54, 1.807) is 0 Å². The lowest BCUT2D eigenvalue weighted by atomic mass is 10.1. The summed E-state index contributed by atoms with van der Waals surface area (Å²) in [5, 5.41) is 4.77. The van der Waals surface area contributed by atoms with E-state index in [4.69, 9.17) is 0 Å². The van der Waals surface area contributed by atoms with E-state index in [-0.39, 0.29) is 0 Å². The Morgan fingerprint density at radius 3 is 3.06 bits per heavy atom.